The number of carbonyl (C=O) groups is 2. The molecule has 2 heterocycles. The average molecular weight is 407 g/mol. The molecule has 2 fully saturated rings. The summed E-state index contributed by atoms with van der Waals surface area (Å²) in [6.45, 7) is 5.54. The highest BCUT2D eigenvalue weighted by Crippen LogP contribution is 2.15. The highest BCUT2D eigenvalue weighted by Gasteiger charge is 2.20. The Hall–Kier alpha value is -2.66. The number of hydrogen-bond donors (Lipinski definition) is 2. The smallest absolute Gasteiger partial charge is 0.251 e. The Morgan fingerprint density at radius 2 is 1.67 bits per heavy atom. The van der Waals surface area contributed by atoms with Gasteiger partial charge in [-0.05, 0) is 48.9 Å². The van der Waals surface area contributed by atoms with Crippen LogP contribution in [0.2, 0.25) is 0 Å². The van der Waals surface area contributed by atoms with E-state index in [2.05, 4.69) is 23.5 Å². The Morgan fingerprint density at radius 1 is 0.933 bits per heavy atom. The summed E-state index contributed by atoms with van der Waals surface area (Å²) in [5.41, 5.74) is 4.26. The van der Waals surface area contributed by atoms with E-state index in [1.807, 2.05) is 35.2 Å². The minimum atomic E-state index is -0.0566. The molecular weight excluding hydrogens is 374 g/mol. The SMILES string of the molecule is O=C(NCc1ccccc1C[NH+]1CCCCC1)c1ccc(CN2CCCC2=O)cc1. The zero-order valence-corrected chi connectivity index (χ0v) is 17.7. The van der Waals surface area contributed by atoms with Gasteiger partial charge in [-0.2, -0.15) is 0 Å². The second kappa shape index (κ2) is 9.90. The van der Waals surface area contributed by atoms with Gasteiger partial charge in [0, 0.05) is 37.2 Å². The average Bonchev–Trinajstić information content (AvgIpc) is 3.18. The molecule has 4 rings (SSSR count). The van der Waals surface area contributed by atoms with Gasteiger partial charge in [-0.25, -0.2) is 0 Å². The Bertz CT molecular complexity index is 872. The molecule has 2 amide bonds. The molecule has 2 N–H and O–H groups in total. The number of nitrogens with zero attached hydrogens (tertiary/aromatic N) is 1. The van der Waals surface area contributed by atoms with Crippen LogP contribution in [-0.2, 0) is 24.4 Å². The predicted molar refractivity (Wildman–Crippen MR) is 117 cm³/mol. The Kier molecular flexibility index (Phi) is 6.80. The summed E-state index contributed by atoms with van der Waals surface area (Å²) in [7, 11) is 0. The van der Waals surface area contributed by atoms with E-state index >= 15 is 0 Å². The number of benzene rings is 2. The molecule has 0 radical (unpaired) electrons. The molecular formula is C25H32N3O2+. The minimum Gasteiger partial charge on any atom is -0.348 e. The number of hydrogen-bond acceptors (Lipinski definition) is 2. The molecule has 2 aliphatic heterocycles. The molecule has 0 spiro atoms. The summed E-state index contributed by atoms with van der Waals surface area (Å²) in [5.74, 6) is 0.167. The van der Waals surface area contributed by atoms with E-state index < -0.39 is 0 Å². The third kappa shape index (κ3) is 5.28. The predicted octanol–water partition coefficient (Wildman–Crippen LogP) is 2.31. The second-order valence-corrected chi connectivity index (χ2v) is 8.55. The van der Waals surface area contributed by atoms with E-state index in [9.17, 15) is 9.59 Å². The first-order chi connectivity index (χ1) is 14.7. The van der Waals surface area contributed by atoms with Gasteiger partial charge in [0.1, 0.15) is 6.54 Å². The third-order valence-corrected chi connectivity index (χ3v) is 6.32. The van der Waals surface area contributed by atoms with Gasteiger partial charge in [-0.3, -0.25) is 9.59 Å². The maximum absolute atomic E-state index is 12.6. The molecule has 0 aliphatic carbocycles. The van der Waals surface area contributed by atoms with Crippen molar-refractivity contribution in [2.45, 2.75) is 51.7 Å². The fraction of sp³-hybridized carbons (Fsp3) is 0.440. The molecule has 0 bridgehead atoms. The summed E-state index contributed by atoms with van der Waals surface area (Å²) in [6.07, 6.45) is 5.59. The molecule has 0 aromatic heterocycles. The first kappa shape index (κ1) is 20.6. The van der Waals surface area contributed by atoms with E-state index in [1.54, 1.807) is 4.90 Å². The summed E-state index contributed by atoms with van der Waals surface area (Å²) in [5, 5.41) is 3.08. The molecule has 2 saturated heterocycles. The second-order valence-electron chi connectivity index (χ2n) is 8.55. The highest BCUT2D eigenvalue weighted by molar-refractivity contribution is 5.94. The van der Waals surface area contributed by atoms with Crippen molar-refractivity contribution in [2.75, 3.05) is 19.6 Å². The van der Waals surface area contributed by atoms with Crippen LogP contribution in [0.4, 0.5) is 0 Å². The number of likely N-dealkylation sites (tertiary alicyclic amines) is 2. The van der Waals surface area contributed by atoms with E-state index in [0.29, 0.717) is 25.1 Å². The normalized spacial score (nSPS) is 17.3. The molecule has 158 valence electrons. The fourth-order valence-electron chi connectivity index (χ4n) is 4.53. The minimum absolute atomic E-state index is 0.0566. The monoisotopic (exact) mass is 406 g/mol. The summed E-state index contributed by atoms with van der Waals surface area (Å²) < 4.78 is 0. The van der Waals surface area contributed by atoms with Crippen LogP contribution in [0.3, 0.4) is 0 Å². The lowest BCUT2D eigenvalue weighted by atomic mass is 10.0. The molecule has 2 aliphatic rings. The van der Waals surface area contributed by atoms with Crippen LogP contribution in [0.25, 0.3) is 0 Å². The van der Waals surface area contributed by atoms with Crippen LogP contribution >= 0.6 is 0 Å². The van der Waals surface area contributed by atoms with Gasteiger partial charge in [-0.15, -0.1) is 0 Å². The van der Waals surface area contributed by atoms with E-state index in [0.717, 1.165) is 25.1 Å². The van der Waals surface area contributed by atoms with E-state index in [4.69, 9.17) is 0 Å². The number of quaternary nitrogens is 1. The maximum atomic E-state index is 12.6. The Balaban J connectivity index is 1.32. The van der Waals surface area contributed by atoms with Gasteiger partial charge >= 0.3 is 0 Å². The van der Waals surface area contributed by atoms with Crippen LogP contribution in [-0.4, -0.2) is 36.3 Å². The molecule has 5 nitrogen and oxygen atoms in total. The Morgan fingerprint density at radius 3 is 2.37 bits per heavy atom. The van der Waals surface area contributed by atoms with Crippen LogP contribution in [0.15, 0.2) is 48.5 Å². The van der Waals surface area contributed by atoms with Crippen LogP contribution < -0.4 is 10.2 Å². The molecule has 5 heteroatoms. The topological polar surface area (TPSA) is 53.9 Å². The number of carbonyl (C=O) groups excluding carboxylic acids is 2. The summed E-state index contributed by atoms with van der Waals surface area (Å²) in [4.78, 5) is 28.0. The van der Waals surface area contributed by atoms with Crippen LogP contribution in [0, 0.1) is 0 Å². The van der Waals surface area contributed by atoms with Crippen LogP contribution in [0.1, 0.15) is 59.2 Å². The lowest BCUT2D eigenvalue weighted by Gasteiger charge is -2.24. The largest absolute Gasteiger partial charge is 0.348 e. The fourth-order valence-corrected chi connectivity index (χ4v) is 4.53. The lowest BCUT2D eigenvalue weighted by Crippen LogP contribution is -3.11. The van der Waals surface area contributed by atoms with E-state index in [-0.39, 0.29) is 11.8 Å². The standard InChI is InChI=1S/C25H31N3O2/c29-24-9-6-16-28(24)18-20-10-12-21(13-11-20)25(30)26-17-22-7-2-3-8-23(22)19-27-14-4-1-5-15-27/h2-3,7-8,10-13H,1,4-6,9,14-19H2,(H,26,30)/p+1. The van der Waals surface area contributed by atoms with Crippen molar-refractivity contribution in [2.24, 2.45) is 0 Å². The molecule has 0 unspecified atom stereocenters. The zero-order valence-electron chi connectivity index (χ0n) is 17.7. The molecule has 30 heavy (non-hydrogen) atoms. The van der Waals surface area contributed by atoms with Crippen molar-refractivity contribution in [3.8, 4) is 0 Å². The van der Waals surface area contributed by atoms with Gasteiger partial charge in [0.05, 0.1) is 13.1 Å². The van der Waals surface area contributed by atoms with Gasteiger partial charge in [0.15, 0.2) is 0 Å². The van der Waals surface area contributed by atoms with Gasteiger partial charge in [0.25, 0.3) is 5.91 Å². The third-order valence-electron chi connectivity index (χ3n) is 6.32. The van der Waals surface area contributed by atoms with E-state index in [1.165, 1.54) is 43.5 Å². The van der Waals surface area contributed by atoms with Gasteiger partial charge in [-0.1, -0.05) is 36.4 Å². The number of rotatable bonds is 7. The van der Waals surface area contributed by atoms with Crippen molar-refractivity contribution in [3.05, 3.63) is 70.8 Å². The molecule has 2 aromatic rings. The molecule has 2 aromatic carbocycles. The zero-order chi connectivity index (χ0) is 20.8. The van der Waals surface area contributed by atoms with Crippen molar-refractivity contribution in [3.63, 3.8) is 0 Å². The van der Waals surface area contributed by atoms with Gasteiger partial charge in [0.2, 0.25) is 5.91 Å². The maximum Gasteiger partial charge on any atom is 0.251 e. The quantitative estimate of drug-likeness (QED) is 0.741. The van der Waals surface area contributed by atoms with Crippen molar-refractivity contribution in [1.82, 2.24) is 10.2 Å². The van der Waals surface area contributed by atoms with Crippen LogP contribution in [0.5, 0.6) is 0 Å². The number of nitrogens with one attached hydrogen (secondary N) is 2. The van der Waals surface area contributed by atoms with Crippen molar-refractivity contribution >= 4 is 11.8 Å². The van der Waals surface area contributed by atoms with Crippen molar-refractivity contribution < 1.29 is 14.5 Å². The first-order valence-electron chi connectivity index (χ1n) is 11.2. The molecule has 0 saturated carbocycles. The summed E-state index contributed by atoms with van der Waals surface area (Å²) >= 11 is 0. The number of piperidine rings is 1. The highest BCUT2D eigenvalue weighted by atomic mass is 16.2. The first-order valence-corrected chi connectivity index (χ1v) is 11.2. The Labute approximate surface area is 179 Å². The summed E-state index contributed by atoms with van der Waals surface area (Å²) in [6, 6.07) is 16.1. The van der Waals surface area contributed by atoms with Gasteiger partial charge < -0.3 is 15.1 Å². The van der Waals surface area contributed by atoms with Crippen molar-refractivity contribution in [1.29, 1.82) is 0 Å². The lowest BCUT2D eigenvalue weighted by molar-refractivity contribution is -0.918. The number of amides is 2. The molecule has 0 atom stereocenters.